The molecule has 3 aromatic rings. The van der Waals surface area contributed by atoms with Gasteiger partial charge in [0.05, 0.1) is 5.69 Å². The van der Waals surface area contributed by atoms with Crippen LogP contribution in [0.2, 0.25) is 5.02 Å². The van der Waals surface area contributed by atoms with Gasteiger partial charge in [-0.3, -0.25) is 4.79 Å². The number of nitrogens with zero attached hydrogens (tertiary/aromatic N) is 1. The van der Waals surface area contributed by atoms with Crippen LogP contribution in [0.4, 0.5) is 11.4 Å². The van der Waals surface area contributed by atoms with Gasteiger partial charge in [0.2, 0.25) is 0 Å². The molecule has 0 unspecified atom stereocenters. The number of hydrogen-bond donors (Lipinski definition) is 2. The summed E-state index contributed by atoms with van der Waals surface area (Å²) in [5.74, 6) is -0.204. The van der Waals surface area contributed by atoms with Crippen LogP contribution in [0.5, 0.6) is 0 Å². The Hall–Kier alpha value is -2.11. The van der Waals surface area contributed by atoms with Crippen molar-refractivity contribution in [2.24, 2.45) is 0 Å². The van der Waals surface area contributed by atoms with Gasteiger partial charge in [-0.1, -0.05) is 11.6 Å². The number of aryl methyl sites for hydroxylation is 2. The zero-order valence-corrected chi connectivity index (χ0v) is 15.4. The Morgan fingerprint density at radius 1 is 1.20 bits per heavy atom. The molecule has 4 nitrogen and oxygen atoms in total. The van der Waals surface area contributed by atoms with Crippen molar-refractivity contribution in [1.82, 2.24) is 4.98 Å². The average Bonchev–Trinajstić information content (AvgIpc) is 2.94. The highest BCUT2D eigenvalue weighted by molar-refractivity contribution is 7.21. The summed E-state index contributed by atoms with van der Waals surface area (Å²) in [5, 5.41) is 4.50. The number of anilines is 2. The molecule has 0 saturated heterocycles. The summed E-state index contributed by atoms with van der Waals surface area (Å²) >= 11 is 7.25. The third kappa shape index (κ3) is 2.87. The van der Waals surface area contributed by atoms with E-state index >= 15 is 0 Å². The molecule has 6 heteroatoms. The van der Waals surface area contributed by atoms with Crippen molar-refractivity contribution in [2.75, 3.05) is 11.1 Å². The molecule has 4 rings (SSSR count). The van der Waals surface area contributed by atoms with Crippen molar-refractivity contribution in [3.8, 4) is 0 Å². The molecule has 0 fully saturated rings. The number of thiophene rings is 1. The third-order valence-corrected chi connectivity index (χ3v) is 6.06. The maximum absolute atomic E-state index is 12.7. The molecule has 128 valence electrons. The number of carbonyl (C=O) groups excluding carboxylic acids is 1. The Morgan fingerprint density at radius 2 is 1.88 bits per heavy atom. The lowest BCUT2D eigenvalue weighted by molar-refractivity contribution is 0.103. The van der Waals surface area contributed by atoms with Gasteiger partial charge in [0.15, 0.2) is 0 Å². The van der Waals surface area contributed by atoms with Gasteiger partial charge < -0.3 is 11.1 Å². The monoisotopic (exact) mass is 371 g/mol. The largest absolute Gasteiger partial charge is 0.397 e. The molecule has 1 aliphatic carbocycles. The molecule has 0 bridgehead atoms. The number of fused-ring (bicyclic) bond motifs is 3. The lowest BCUT2D eigenvalue weighted by atomic mass is 9.89. The van der Waals surface area contributed by atoms with Gasteiger partial charge in [-0.05, 0) is 68.0 Å². The summed E-state index contributed by atoms with van der Waals surface area (Å²) in [4.78, 5) is 18.8. The fourth-order valence-corrected chi connectivity index (χ4v) is 4.68. The molecule has 1 amide bonds. The number of hydrogen-bond acceptors (Lipinski definition) is 4. The molecular formula is C19H18ClN3OS. The van der Waals surface area contributed by atoms with Crippen molar-refractivity contribution in [3.05, 3.63) is 51.0 Å². The van der Waals surface area contributed by atoms with E-state index in [9.17, 15) is 4.79 Å². The minimum absolute atomic E-state index is 0.204. The molecule has 25 heavy (non-hydrogen) atoms. The topological polar surface area (TPSA) is 68.0 Å². The second-order valence-corrected chi connectivity index (χ2v) is 7.78. The third-order valence-electron chi connectivity index (χ3n) is 4.71. The summed E-state index contributed by atoms with van der Waals surface area (Å²) in [5.41, 5.74) is 11.3. The fourth-order valence-electron chi connectivity index (χ4n) is 3.49. The van der Waals surface area contributed by atoms with Gasteiger partial charge in [0, 0.05) is 21.8 Å². The molecule has 0 atom stereocenters. The van der Waals surface area contributed by atoms with Crippen LogP contribution in [0, 0.1) is 6.92 Å². The Balaban J connectivity index is 1.76. The number of nitrogen functional groups attached to an aromatic ring is 1. The van der Waals surface area contributed by atoms with E-state index < -0.39 is 0 Å². The second kappa shape index (κ2) is 6.32. The van der Waals surface area contributed by atoms with E-state index in [0.29, 0.717) is 21.3 Å². The van der Waals surface area contributed by atoms with Gasteiger partial charge in [-0.2, -0.15) is 0 Å². The number of carbonyl (C=O) groups is 1. The van der Waals surface area contributed by atoms with E-state index in [-0.39, 0.29) is 5.91 Å². The molecule has 0 aliphatic heterocycles. The van der Waals surface area contributed by atoms with E-state index in [2.05, 4.69) is 5.32 Å². The van der Waals surface area contributed by atoms with Crippen LogP contribution < -0.4 is 11.1 Å². The van der Waals surface area contributed by atoms with Gasteiger partial charge in [-0.15, -0.1) is 11.3 Å². The quantitative estimate of drug-likeness (QED) is 0.668. The molecule has 0 spiro atoms. The van der Waals surface area contributed by atoms with Crippen LogP contribution in [0.3, 0.4) is 0 Å². The summed E-state index contributed by atoms with van der Waals surface area (Å²) < 4.78 is 0. The smallest absolute Gasteiger partial charge is 0.267 e. The van der Waals surface area contributed by atoms with Crippen molar-refractivity contribution in [3.63, 3.8) is 0 Å². The molecule has 1 aliphatic rings. The fraction of sp³-hybridized carbons (Fsp3) is 0.263. The maximum Gasteiger partial charge on any atom is 0.267 e. The second-order valence-electron chi connectivity index (χ2n) is 6.35. The van der Waals surface area contributed by atoms with E-state index in [4.69, 9.17) is 22.3 Å². The first kappa shape index (κ1) is 16.4. The van der Waals surface area contributed by atoms with Crippen molar-refractivity contribution >= 4 is 50.4 Å². The van der Waals surface area contributed by atoms with Crippen molar-refractivity contribution in [2.45, 2.75) is 32.6 Å². The molecule has 0 saturated carbocycles. The van der Waals surface area contributed by atoms with E-state index in [1.165, 1.54) is 28.9 Å². The summed E-state index contributed by atoms with van der Waals surface area (Å²) in [6.07, 6.45) is 4.40. The molecule has 1 aromatic carbocycles. The molecule has 2 heterocycles. The van der Waals surface area contributed by atoms with Crippen LogP contribution in [0.15, 0.2) is 24.3 Å². The van der Waals surface area contributed by atoms with Crippen molar-refractivity contribution < 1.29 is 4.79 Å². The number of amides is 1. The number of pyridine rings is 1. The van der Waals surface area contributed by atoms with Gasteiger partial charge in [-0.25, -0.2) is 4.98 Å². The zero-order chi connectivity index (χ0) is 17.6. The van der Waals surface area contributed by atoms with Gasteiger partial charge >= 0.3 is 0 Å². The normalized spacial score (nSPS) is 13.7. The molecular weight excluding hydrogens is 354 g/mol. The molecule has 3 N–H and O–H groups in total. The summed E-state index contributed by atoms with van der Waals surface area (Å²) in [7, 11) is 0. The van der Waals surface area contributed by atoms with Crippen LogP contribution in [0.25, 0.3) is 10.2 Å². The average molecular weight is 372 g/mol. The number of nitrogens with one attached hydrogen (secondary N) is 1. The minimum atomic E-state index is -0.204. The Bertz CT molecular complexity index is 979. The first-order chi connectivity index (χ1) is 12.0. The van der Waals surface area contributed by atoms with Crippen LogP contribution >= 0.6 is 22.9 Å². The number of rotatable bonds is 2. The summed E-state index contributed by atoms with van der Waals surface area (Å²) in [6.45, 7) is 2.05. The number of halogens is 1. The predicted molar refractivity (Wildman–Crippen MR) is 105 cm³/mol. The summed E-state index contributed by atoms with van der Waals surface area (Å²) in [6, 6.07) is 7.03. The lowest BCUT2D eigenvalue weighted by Gasteiger charge is -2.18. The Morgan fingerprint density at radius 3 is 2.60 bits per heavy atom. The number of benzene rings is 1. The first-order valence-corrected chi connectivity index (χ1v) is 9.51. The molecule has 2 aromatic heterocycles. The highest BCUT2D eigenvalue weighted by Gasteiger charge is 2.24. The lowest BCUT2D eigenvalue weighted by Crippen LogP contribution is -2.12. The van der Waals surface area contributed by atoms with E-state index in [1.54, 1.807) is 24.3 Å². The standard InChI is InChI=1S/C19H18ClN3OS/c1-10-13-4-2-3-5-14(13)15-16(21)17(25-19(15)22-10)18(24)23-12-8-6-11(20)7-9-12/h6-9H,2-5,21H2,1H3,(H,23,24). The zero-order valence-electron chi connectivity index (χ0n) is 13.9. The maximum atomic E-state index is 12.7. The van der Waals surface area contributed by atoms with E-state index in [1.807, 2.05) is 6.92 Å². The van der Waals surface area contributed by atoms with Crippen LogP contribution in [-0.4, -0.2) is 10.9 Å². The van der Waals surface area contributed by atoms with E-state index in [0.717, 1.165) is 35.2 Å². The van der Waals surface area contributed by atoms with Gasteiger partial charge in [0.25, 0.3) is 5.91 Å². The number of aromatic nitrogens is 1. The Kier molecular flexibility index (Phi) is 4.13. The van der Waals surface area contributed by atoms with Crippen LogP contribution in [-0.2, 0) is 12.8 Å². The van der Waals surface area contributed by atoms with Gasteiger partial charge in [0.1, 0.15) is 9.71 Å². The van der Waals surface area contributed by atoms with Crippen molar-refractivity contribution in [1.29, 1.82) is 0 Å². The SMILES string of the molecule is Cc1nc2sc(C(=O)Nc3ccc(Cl)cc3)c(N)c2c2c1CCCC2. The predicted octanol–water partition coefficient (Wildman–Crippen LogP) is 4.97. The Labute approximate surface area is 155 Å². The highest BCUT2D eigenvalue weighted by Crippen LogP contribution is 2.39. The first-order valence-electron chi connectivity index (χ1n) is 8.32. The highest BCUT2D eigenvalue weighted by atomic mass is 35.5. The number of nitrogens with two attached hydrogens (primary N) is 1. The van der Waals surface area contributed by atoms with Crippen LogP contribution in [0.1, 0.15) is 39.3 Å². The molecule has 0 radical (unpaired) electrons. The minimum Gasteiger partial charge on any atom is -0.397 e.